The van der Waals surface area contributed by atoms with Crippen LogP contribution < -0.4 is 4.90 Å². The average molecular weight is 740 g/mol. The molecular weight excluding hydrogens is 703 g/mol. The summed E-state index contributed by atoms with van der Waals surface area (Å²) in [7, 11) is 0. The number of hydrogen-bond acceptors (Lipinski definition) is 2. The molecule has 1 aromatic heterocycles. The fourth-order valence-electron chi connectivity index (χ4n) is 8.69. The van der Waals surface area contributed by atoms with E-state index < -0.39 is 0 Å². The summed E-state index contributed by atoms with van der Waals surface area (Å²) >= 11 is 0. The van der Waals surface area contributed by atoms with E-state index in [2.05, 4.69) is 223 Å². The van der Waals surface area contributed by atoms with E-state index in [4.69, 9.17) is 4.42 Å². The molecule has 0 radical (unpaired) electrons. The van der Waals surface area contributed by atoms with Gasteiger partial charge in [-0.15, -0.1) is 0 Å². The van der Waals surface area contributed by atoms with E-state index in [-0.39, 0.29) is 0 Å². The standard InChI is InChI=1S/C56H37NO/c1-3-19-46-39(13-1)15-10-23-48(46)41-31-29-38(30-32-41)43-17-9-18-45(37-43)57(44-35-33-42(34-36-44)49-24-11-16-40-14-2-4-20-47(40)49)54-27-7-5-21-50(54)52-25-12-26-53-51-22-6-8-28-55(51)58-56(52)53/h1-37H. The lowest BCUT2D eigenvalue weighted by Gasteiger charge is -2.28. The number of hydrogen-bond donors (Lipinski definition) is 0. The van der Waals surface area contributed by atoms with Gasteiger partial charge in [-0.2, -0.15) is 0 Å². The van der Waals surface area contributed by atoms with E-state index in [0.29, 0.717) is 0 Å². The van der Waals surface area contributed by atoms with Crippen LogP contribution in [0.2, 0.25) is 0 Å². The van der Waals surface area contributed by atoms with Crippen molar-refractivity contribution in [3.8, 4) is 44.5 Å². The summed E-state index contributed by atoms with van der Waals surface area (Å²) in [6.45, 7) is 0. The van der Waals surface area contributed by atoms with Crippen LogP contribution in [0.3, 0.4) is 0 Å². The van der Waals surface area contributed by atoms with E-state index in [1.807, 2.05) is 6.07 Å². The molecule has 1 heterocycles. The predicted molar refractivity (Wildman–Crippen MR) is 245 cm³/mol. The van der Waals surface area contributed by atoms with Crippen molar-refractivity contribution in [1.82, 2.24) is 0 Å². The Labute approximate surface area is 337 Å². The van der Waals surface area contributed by atoms with Crippen molar-refractivity contribution >= 4 is 60.5 Å². The van der Waals surface area contributed by atoms with Crippen LogP contribution in [0.15, 0.2) is 229 Å². The highest BCUT2D eigenvalue weighted by Crippen LogP contribution is 2.45. The average Bonchev–Trinajstić information content (AvgIpc) is 3.69. The molecule has 11 rings (SSSR count). The number of furan rings is 1. The van der Waals surface area contributed by atoms with E-state index in [1.165, 1.54) is 43.8 Å². The summed E-state index contributed by atoms with van der Waals surface area (Å²) in [5.41, 5.74) is 14.3. The van der Waals surface area contributed by atoms with E-state index >= 15 is 0 Å². The largest absolute Gasteiger partial charge is 0.455 e. The van der Waals surface area contributed by atoms with Gasteiger partial charge in [0.15, 0.2) is 0 Å². The second-order valence-electron chi connectivity index (χ2n) is 14.9. The molecule has 0 bridgehead atoms. The summed E-state index contributed by atoms with van der Waals surface area (Å²) in [5.74, 6) is 0. The Morgan fingerprint density at radius 1 is 0.293 bits per heavy atom. The van der Waals surface area contributed by atoms with Gasteiger partial charge in [-0.25, -0.2) is 0 Å². The number of rotatable bonds is 7. The van der Waals surface area contributed by atoms with Crippen molar-refractivity contribution in [2.45, 2.75) is 0 Å². The lowest BCUT2D eigenvalue weighted by atomic mass is 9.95. The van der Waals surface area contributed by atoms with Gasteiger partial charge in [0.2, 0.25) is 0 Å². The molecule has 0 unspecified atom stereocenters. The first kappa shape index (κ1) is 33.6. The molecule has 272 valence electrons. The molecule has 0 fully saturated rings. The third-order valence-electron chi connectivity index (χ3n) is 11.5. The molecule has 10 aromatic carbocycles. The third kappa shape index (κ3) is 5.82. The van der Waals surface area contributed by atoms with Crippen molar-refractivity contribution in [3.05, 3.63) is 224 Å². The Kier molecular flexibility index (Phi) is 8.19. The number of fused-ring (bicyclic) bond motifs is 5. The maximum Gasteiger partial charge on any atom is 0.143 e. The first-order chi connectivity index (χ1) is 28.8. The minimum absolute atomic E-state index is 0.891. The molecule has 0 atom stereocenters. The van der Waals surface area contributed by atoms with Crippen LogP contribution in [0.5, 0.6) is 0 Å². The second kappa shape index (κ2) is 14.1. The maximum atomic E-state index is 6.61. The molecule has 0 aliphatic rings. The smallest absolute Gasteiger partial charge is 0.143 e. The minimum Gasteiger partial charge on any atom is -0.455 e. The van der Waals surface area contributed by atoms with Crippen LogP contribution >= 0.6 is 0 Å². The van der Waals surface area contributed by atoms with E-state index in [1.54, 1.807) is 0 Å². The Balaban J connectivity index is 1.05. The lowest BCUT2D eigenvalue weighted by Crippen LogP contribution is -2.11. The number of anilines is 3. The van der Waals surface area contributed by atoms with E-state index in [9.17, 15) is 0 Å². The molecule has 0 saturated heterocycles. The van der Waals surface area contributed by atoms with Crippen molar-refractivity contribution < 1.29 is 4.42 Å². The van der Waals surface area contributed by atoms with Gasteiger partial charge in [-0.3, -0.25) is 0 Å². The summed E-state index contributed by atoms with van der Waals surface area (Å²) < 4.78 is 6.61. The SMILES string of the molecule is c1cc(-c2ccc(-c3cccc4ccccc34)cc2)cc(N(c2ccc(-c3cccc4ccccc34)cc2)c2ccccc2-c2cccc3c2oc2ccccc23)c1. The molecular formula is C56H37NO. The third-order valence-corrected chi connectivity index (χ3v) is 11.5. The summed E-state index contributed by atoms with van der Waals surface area (Å²) in [6, 6.07) is 80.6. The zero-order valence-electron chi connectivity index (χ0n) is 31.7. The molecule has 2 heteroatoms. The maximum absolute atomic E-state index is 6.61. The quantitative estimate of drug-likeness (QED) is 0.162. The van der Waals surface area contributed by atoms with Gasteiger partial charge < -0.3 is 9.32 Å². The Morgan fingerprint density at radius 3 is 1.52 bits per heavy atom. The molecule has 0 saturated carbocycles. The van der Waals surface area contributed by atoms with Gasteiger partial charge in [-0.05, 0) is 91.3 Å². The predicted octanol–water partition coefficient (Wildman–Crippen LogP) is 16.0. The van der Waals surface area contributed by atoms with Crippen molar-refractivity contribution in [3.63, 3.8) is 0 Å². The number of para-hydroxylation sites is 3. The van der Waals surface area contributed by atoms with Gasteiger partial charge in [0.05, 0.1) is 5.69 Å². The number of benzene rings is 10. The molecule has 2 nitrogen and oxygen atoms in total. The highest BCUT2D eigenvalue weighted by Gasteiger charge is 2.21. The highest BCUT2D eigenvalue weighted by atomic mass is 16.3. The minimum atomic E-state index is 0.891. The van der Waals surface area contributed by atoms with Crippen LogP contribution in [0.4, 0.5) is 17.1 Å². The fraction of sp³-hybridized carbons (Fsp3) is 0. The highest BCUT2D eigenvalue weighted by molar-refractivity contribution is 6.11. The Hall–Kier alpha value is -7.68. The lowest BCUT2D eigenvalue weighted by molar-refractivity contribution is 0.670. The summed E-state index contributed by atoms with van der Waals surface area (Å²) in [6.07, 6.45) is 0. The summed E-state index contributed by atoms with van der Waals surface area (Å²) in [4.78, 5) is 2.39. The molecule has 0 aliphatic carbocycles. The van der Waals surface area contributed by atoms with Gasteiger partial charge >= 0.3 is 0 Å². The second-order valence-corrected chi connectivity index (χ2v) is 14.9. The molecule has 11 aromatic rings. The van der Waals surface area contributed by atoms with Crippen LogP contribution in [-0.4, -0.2) is 0 Å². The van der Waals surface area contributed by atoms with Crippen molar-refractivity contribution in [1.29, 1.82) is 0 Å². The molecule has 0 spiro atoms. The Morgan fingerprint density at radius 2 is 0.793 bits per heavy atom. The zero-order chi connectivity index (χ0) is 38.4. The van der Waals surface area contributed by atoms with Gasteiger partial charge in [0.1, 0.15) is 11.2 Å². The molecule has 0 N–H and O–H groups in total. The first-order valence-electron chi connectivity index (χ1n) is 19.8. The van der Waals surface area contributed by atoms with Crippen LogP contribution in [0.25, 0.3) is 88.0 Å². The van der Waals surface area contributed by atoms with E-state index in [0.717, 1.165) is 61.3 Å². The molecule has 0 aliphatic heterocycles. The topological polar surface area (TPSA) is 16.4 Å². The normalized spacial score (nSPS) is 11.4. The number of nitrogens with zero attached hydrogens (tertiary/aromatic N) is 1. The molecule has 0 amide bonds. The fourth-order valence-corrected chi connectivity index (χ4v) is 8.69. The zero-order valence-corrected chi connectivity index (χ0v) is 31.7. The van der Waals surface area contributed by atoms with Gasteiger partial charge in [-0.1, -0.05) is 188 Å². The summed E-state index contributed by atoms with van der Waals surface area (Å²) in [5, 5.41) is 7.23. The van der Waals surface area contributed by atoms with Crippen LogP contribution in [0.1, 0.15) is 0 Å². The molecule has 58 heavy (non-hydrogen) atoms. The Bertz CT molecular complexity index is 3270. The van der Waals surface area contributed by atoms with Gasteiger partial charge in [0, 0.05) is 33.3 Å². The van der Waals surface area contributed by atoms with Crippen molar-refractivity contribution in [2.24, 2.45) is 0 Å². The van der Waals surface area contributed by atoms with Crippen LogP contribution in [0, 0.1) is 0 Å². The van der Waals surface area contributed by atoms with Crippen LogP contribution in [-0.2, 0) is 0 Å². The van der Waals surface area contributed by atoms with Gasteiger partial charge in [0.25, 0.3) is 0 Å². The first-order valence-corrected chi connectivity index (χ1v) is 19.8. The van der Waals surface area contributed by atoms with Crippen molar-refractivity contribution in [2.75, 3.05) is 4.90 Å². The monoisotopic (exact) mass is 739 g/mol.